The minimum atomic E-state index is -0.174. The summed E-state index contributed by atoms with van der Waals surface area (Å²) in [6.45, 7) is 4.67. The quantitative estimate of drug-likeness (QED) is 0.823. The molecule has 0 bridgehead atoms. The van der Waals surface area contributed by atoms with Crippen LogP contribution in [0.3, 0.4) is 0 Å². The van der Waals surface area contributed by atoms with Crippen molar-refractivity contribution in [3.8, 4) is 0 Å². The van der Waals surface area contributed by atoms with Gasteiger partial charge in [-0.3, -0.25) is 4.79 Å². The van der Waals surface area contributed by atoms with Gasteiger partial charge >= 0.3 is 5.97 Å². The average Bonchev–Trinajstić information content (AvgIpc) is 2.88. The number of nitrogens with one attached hydrogen (secondary N) is 1. The molecule has 4 atom stereocenters. The number of aromatic nitrogens is 1. The predicted octanol–water partition coefficient (Wildman–Crippen LogP) is 2.69. The summed E-state index contributed by atoms with van der Waals surface area (Å²) in [7, 11) is 2.19. The second-order valence-electron chi connectivity index (χ2n) is 6.87. The number of esters is 1. The van der Waals surface area contributed by atoms with Crippen LogP contribution in [0.4, 0.5) is 0 Å². The van der Waals surface area contributed by atoms with Crippen molar-refractivity contribution in [1.82, 2.24) is 9.88 Å². The molecule has 4 nitrogen and oxygen atoms in total. The number of benzene rings is 1. The number of nitrogens with zero attached hydrogens (tertiary/aromatic N) is 1. The molecule has 1 saturated heterocycles. The Labute approximate surface area is 130 Å². The average molecular weight is 298 g/mol. The number of hydrogen-bond acceptors (Lipinski definition) is 3. The van der Waals surface area contributed by atoms with Crippen LogP contribution in [-0.4, -0.2) is 41.6 Å². The molecule has 1 aromatic heterocycles. The first-order valence-electron chi connectivity index (χ1n) is 8.02. The summed E-state index contributed by atoms with van der Waals surface area (Å²) in [5.41, 5.74) is 3.90. The lowest BCUT2D eigenvalue weighted by Crippen LogP contribution is -2.55. The molecule has 22 heavy (non-hydrogen) atoms. The van der Waals surface area contributed by atoms with Gasteiger partial charge in [-0.15, -0.1) is 0 Å². The molecule has 4 heteroatoms. The normalized spacial score (nSPS) is 31.0. The fourth-order valence-electron chi connectivity index (χ4n) is 4.54. The lowest BCUT2D eigenvalue weighted by Gasteiger charge is -2.48. The molecule has 1 aromatic carbocycles. The maximum atomic E-state index is 11.6. The molecule has 2 aliphatic rings. The molecule has 1 fully saturated rings. The van der Waals surface area contributed by atoms with Gasteiger partial charge in [0.2, 0.25) is 0 Å². The standard InChI is InChI=1S/C18H22N2O2/c1-10-9-20(3)15-7-12-8-19-14-6-4-5-13(16(12)14)17(15)18(10)22-11(2)21/h4-6,8,10,15,17-19H,7,9H2,1-3H3/t10-,15-,17-,18+/m1/s1. The number of carbonyl (C=O) groups is 1. The number of likely N-dealkylation sites (tertiary alicyclic amines) is 1. The maximum Gasteiger partial charge on any atom is 0.302 e. The topological polar surface area (TPSA) is 45.3 Å². The molecule has 0 saturated carbocycles. The third-order valence-corrected chi connectivity index (χ3v) is 5.38. The molecule has 0 amide bonds. The Balaban J connectivity index is 1.88. The van der Waals surface area contributed by atoms with E-state index in [0.29, 0.717) is 12.0 Å². The highest BCUT2D eigenvalue weighted by Gasteiger charge is 2.46. The van der Waals surface area contributed by atoms with E-state index in [1.165, 1.54) is 29.0 Å². The summed E-state index contributed by atoms with van der Waals surface area (Å²) in [6, 6.07) is 6.83. The lowest BCUT2D eigenvalue weighted by molar-refractivity contribution is -0.155. The molecule has 116 valence electrons. The van der Waals surface area contributed by atoms with Gasteiger partial charge in [0.15, 0.2) is 0 Å². The van der Waals surface area contributed by atoms with Crippen molar-refractivity contribution in [2.75, 3.05) is 13.6 Å². The van der Waals surface area contributed by atoms with Crippen LogP contribution in [0.25, 0.3) is 10.9 Å². The number of likely N-dealkylation sites (N-methyl/N-ethyl adjacent to an activating group) is 1. The van der Waals surface area contributed by atoms with Gasteiger partial charge < -0.3 is 14.6 Å². The highest BCUT2D eigenvalue weighted by atomic mass is 16.5. The second-order valence-corrected chi connectivity index (χ2v) is 6.87. The number of carbonyl (C=O) groups excluding carboxylic acids is 1. The van der Waals surface area contributed by atoms with Crippen LogP contribution in [0.2, 0.25) is 0 Å². The number of H-pyrrole nitrogens is 1. The molecule has 1 aliphatic carbocycles. The van der Waals surface area contributed by atoms with Crippen molar-refractivity contribution in [3.63, 3.8) is 0 Å². The first kappa shape index (κ1) is 13.8. The molecule has 1 aliphatic heterocycles. The van der Waals surface area contributed by atoms with Crippen LogP contribution in [0.1, 0.15) is 30.9 Å². The van der Waals surface area contributed by atoms with Gasteiger partial charge in [0.25, 0.3) is 0 Å². The largest absolute Gasteiger partial charge is 0.462 e. The molecule has 2 heterocycles. The van der Waals surface area contributed by atoms with E-state index in [2.05, 4.69) is 48.3 Å². The van der Waals surface area contributed by atoms with Gasteiger partial charge in [-0.1, -0.05) is 19.1 Å². The van der Waals surface area contributed by atoms with Crippen LogP contribution >= 0.6 is 0 Å². The van der Waals surface area contributed by atoms with Crippen LogP contribution in [-0.2, 0) is 16.0 Å². The monoisotopic (exact) mass is 298 g/mol. The van der Waals surface area contributed by atoms with Gasteiger partial charge in [0.05, 0.1) is 0 Å². The fraction of sp³-hybridized carbons (Fsp3) is 0.500. The molecule has 2 aromatic rings. The number of rotatable bonds is 1. The van der Waals surface area contributed by atoms with Crippen LogP contribution in [0, 0.1) is 5.92 Å². The van der Waals surface area contributed by atoms with E-state index in [-0.39, 0.29) is 18.0 Å². The minimum Gasteiger partial charge on any atom is -0.462 e. The van der Waals surface area contributed by atoms with Gasteiger partial charge in [-0.05, 0) is 30.7 Å². The molecule has 1 N–H and O–H groups in total. The summed E-state index contributed by atoms with van der Waals surface area (Å²) < 4.78 is 5.77. The van der Waals surface area contributed by atoms with Crippen molar-refractivity contribution in [2.45, 2.75) is 38.3 Å². The maximum absolute atomic E-state index is 11.6. The summed E-state index contributed by atoms with van der Waals surface area (Å²) in [5.74, 6) is 0.419. The molecule has 4 rings (SSSR count). The first-order chi connectivity index (χ1) is 10.6. The van der Waals surface area contributed by atoms with Crippen LogP contribution in [0.5, 0.6) is 0 Å². The molecule has 0 spiro atoms. The van der Waals surface area contributed by atoms with Crippen molar-refractivity contribution in [3.05, 3.63) is 35.5 Å². The van der Waals surface area contributed by atoms with Crippen molar-refractivity contribution < 1.29 is 9.53 Å². The molecular weight excluding hydrogens is 276 g/mol. The lowest BCUT2D eigenvalue weighted by atomic mass is 9.71. The zero-order valence-electron chi connectivity index (χ0n) is 13.3. The Morgan fingerprint density at radius 3 is 3.00 bits per heavy atom. The third-order valence-electron chi connectivity index (χ3n) is 5.38. The number of ether oxygens (including phenoxy) is 1. The van der Waals surface area contributed by atoms with E-state index < -0.39 is 0 Å². The highest BCUT2D eigenvalue weighted by Crippen LogP contribution is 2.45. The predicted molar refractivity (Wildman–Crippen MR) is 85.9 cm³/mol. The van der Waals surface area contributed by atoms with Crippen molar-refractivity contribution in [1.29, 1.82) is 0 Å². The van der Waals surface area contributed by atoms with E-state index in [1.54, 1.807) is 0 Å². The zero-order chi connectivity index (χ0) is 15.4. The minimum absolute atomic E-state index is 0.0349. The van der Waals surface area contributed by atoms with Crippen molar-refractivity contribution >= 4 is 16.9 Å². The van der Waals surface area contributed by atoms with E-state index in [9.17, 15) is 4.79 Å². The van der Waals surface area contributed by atoms with E-state index >= 15 is 0 Å². The first-order valence-corrected chi connectivity index (χ1v) is 8.02. The molecule has 0 unspecified atom stereocenters. The van der Waals surface area contributed by atoms with E-state index in [0.717, 1.165) is 13.0 Å². The smallest absolute Gasteiger partial charge is 0.302 e. The van der Waals surface area contributed by atoms with Gasteiger partial charge in [0.1, 0.15) is 6.10 Å². The number of aromatic amines is 1. The van der Waals surface area contributed by atoms with Crippen molar-refractivity contribution in [2.24, 2.45) is 5.92 Å². The van der Waals surface area contributed by atoms with Crippen LogP contribution in [0.15, 0.2) is 24.4 Å². The van der Waals surface area contributed by atoms with Gasteiger partial charge in [-0.2, -0.15) is 0 Å². The second kappa shape index (κ2) is 4.85. The Bertz CT molecular complexity index is 736. The van der Waals surface area contributed by atoms with E-state index in [1.807, 2.05) is 0 Å². The van der Waals surface area contributed by atoms with Gasteiger partial charge in [-0.25, -0.2) is 0 Å². The summed E-state index contributed by atoms with van der Waals surface area (Å²) in [5, 5.41) is 1.34. The third kappa shape index (κ3) is 1.90. The SMILES string of the molecule is CC(=O)O[C@@H]1[C@@H]2c3cccc4[nH]cc(c34)C[C@H]2N(C)C[C@H]1C. The molecule has 0 radical (unpaired) electrons. The Morgan fingerprint density at radius 2 is 2.23 bits per heavy atom. The number of hydrogen-bond donors (Lipinski definition) is 1. The van der Waals surface area contributed by atoms with Gasteiger partial charge in [0, 0.05) is 48.4 Å². The fourth-order valence-corrected chi connectivity index (χ4v) is 4.54. The number of fused-ring (bicyclic) bond motifs is 2. The summed E-state index contributed by atoms with van der Waals surface area (Å²) in [6.07, 6.45) is 3.12. The van der Waals surface area contributed by atoms with Crippen LogP contribution < -0.4 is 0 Å². The summed E-state index contributed by atoms with van der Waals surface area (Å²) >= 11 is 0. The number of piperidine rings is 1. The summed E-state index contributed by atoms with van der Waals surface area (Å²) in [4.78, 5) is 17.4. The Kier molecular flexibility index (Phi) is 3.05. The molecular formula is C18H22N2O2. The zero-order valence-corrected chi connectivity index (χ0v) is 13.3. The highest BCUT2D eigenvalue weighted by molar-refractivity contribution is 5.88. The Morgan fingerprint density at radius 1 is 1.41 bits per heavy atom. The Hall–Kier alpha value is -1.81. The van der Waals surface area contributed by atoms with E-state index in [4.69, 9.17) is 4.74 Å².